The molecular formula is C25H23F4N3O3S. The zero-order chi connectivity index (χ0) is 26.4. The third-order valence-electron chi connectivity index (χ3n) is 5.44. The molecule has 3 rings (SSSR count). The Bertz CT molecular complexity index is 1280. The van der Waals surface area contributed by atoms with E-state index >= 15 is 0 Å². The van der Waals surface area contributed by atoms with Crippen LogP contribution >= 0.6 is 0 Å². The highest BCUT2D eigenvalue weighted by Crippen LogP contribution is 2.40. The van der Waals surface area contributed by atoms with Crippen molar-refractivity contribution in [1.29, 1.82) is 5.26 Å². The second kappa shape index (κ2) is 11.1. The Morgan fingerprint density at radius 1 is 1.08 bits per heavy atom. The molecule has 1 saturated carbocycles. The second-order valence-electron chi connectivity index (χ2n) is 8.41. The van der Waals surface area contributed by atoms with Crippen molar-refractivity contribution in [3.63, 3.8) is 0 Å². The van der Waals surface area contributed by atoms with Crippen molar-refractivity contribution in [3.05, 3.63) is 71.5 Å². The fraction of sp³-hybridized carbons (Fsp3) is 0.360. The van der Waals surface area contributed by atoms with Crippen LogP contribution in [0.1, 0.15) is 24.0 Å². The van der Waals surface area contributed by atoms with Crippen molar-refractivity contribution in [3.8, 4) is 17.9 Å². The van der Waals surface area contributed by atoms with Crippen LogP contribution in [-0.2, 0) is 25.9 Å². The minimum absolute atomic E-state index is 0.262. The molecule has 36 heavy (non-hydrogen) atoms. The van der Waals surface area contributed by atoms with Gasteiger partial charge >= 0.3 is 6.18 Å². The highest BCUT2D eigenvalue weighted by atomic mass is 32.2. The molecule has 2 aromatic carbocycles. The SMILES string of the molecule is N#CCNC(=O)[C@H](CS(=O)(=O)Cc1ccccc1)N[C@@](C#CC1CC1)(c1ccc(F)cc1)C(F)(F)F. The molecular weight excluding hydrogens is 498 g/mol. The molecule has 190 valence electrons. The Kier molecular flexibility index (Phi) is 8.39. The fourth-order valence-electron chi connectivity index (χ4n) is 3.48. The van der Waals surface area contributed by atoms with Crippen LogP contribution in [0.4, 0.5) is 17.6 Å². The molecule has 2 aromatic rings. The van der Waals surface area contributed by atoms with Crippen LogP contribution in [0.15, 0.2) is 54.6 Å². The summed E-state index contributed by atoms with van der Waals surface area (Å²) in [7, 11) is -4.11. The first-order valence-corrected chi connectivity index (χ1v) is 12.8. The van der Waals surface area contributed by atoms with Crippen molar-refractivity contribution >= 4 is 15.7 Å². The normalized spacial score (nSPS) is 16.1. The minimum atomic E-state index is -5.12. The van der Waals surface area contributed by atoms with Gasteiger partial charge in [0.05, 0.1) is 17.6 Å². The lowest BCUT2D eigenvalue weighted by molar-refractivity contribution is -0.184. The van der Waals surface area contributed by atoms with E-state index in [9.17, 15) is 30.8 Å². The van der Waals surface area contributed by atoms with Gasteiger partial charge in [0.25, 0.3) is 0 Å². The van der Waals surface area contributed by atoms with E-state index in [0.29, 0.717) is 18.4 Å². The van der Waals surface area contributed by atoms with Crippen LogP contribution < -0.4 is 10.6 Å². The molecule has 2 N–H and O–H groups in total. The van der Waals surface area contributed by atoms with Gasteiger partial charge in [0.15, 0.2) is 9.84 Å². The highest BCUT2D eigenvalue weighted by Gasteiger charge is 2.57. The van der Waals surface area contributed by atoms with Gasteiger partial charge in [0.1, 0.15) is 18.4 Å². The van der Waals surface area contributed by atoms with Crippen LogP contribution in [0.5, 0.6) is 0 Å². The first-order chi connectivity index (χ1) is 17.0. The molecule has 1 fully saturated rings. The third kappa shape index (κ3) is 7.06. The summed E-state index contributed by atoms with van der Waals surface area (Å²) < 4.78 is 83.5. The van der Waals surface area contributed by atoms with E-state index in [4.69, 9.17) is 5.26 Å². The standard InChI is InChI=1S/C25H23F4N3O3S/c26-21-10-8-20(9-11-21)24(25(27,28)29,13-12-18-6-7-18)32-22(23(33)31-15-14-30)17-36(34,35)16-19-4-2-1-3-5-19/h1-5,8-11,18,22,32H,6-7,15-17H2,(H,31,33)/t22-,24-/m0/s1. The molecule has 0 aromatic heterocycles. The topological polar surface area (TPSA) is 99.1 Å². The molecule has 1 aliphatic rings. The highest BCUT2D eigenvalue weighted by molar-refractivity contribution is 7.90. The van der Waals surface area contributed by atoms with Gasteiger partial charge in [0.2, 0.25) is 11.4 Å². The summed E-state index contributed by atoms with van der Waals surface area (Å²) in [5.74, 6) is 1.08. The number of nitrogens with zero attached hydrogens (tertiary/aromatic N) is 1. The van der Waals surface area contributed by atoms with Gasteiger partial charge in [-0.05, 0) is 36.1 Å². The number of hydrogen-bond donors (Lipinski definition) is 2. The molecule has 2 atom stereocenters. The number of benzene rings is 2. The zero-order valence-electron chi connectivity index (χ0n) is 19.0. The van der Waals surface area contributed by atoms with Gasteiger partial charge in [-0.1, -0.05) is 54.3 Å². The lowest BCUT2D eigenvalue weighted by atomic mass is 9.88. The summed E-state index contributed by atoms with van der Waals surface area (Å²) in [5.41, 5.74) is -3.27. The van der Waals surface area contributed by atoms with E-state index in [1.54, 1.807) is 24.3 Å². The number of hydrogen-bond acceptors (Lipinski definition) is 5. The Morgan fingerprint density at radius 3 is 2.28 bits per heavy atom. The van der Waals surface area contributed by atoms with Gasteiger partial charge in [-0.3, -0.25) is 10.1 Å². The second-order valence-corrected chi connectivity index (χ2v) is 10.5. The Labute approximate surface area is 206 Å². The maximum Gasteiger partial charge on any atom is 0.422 e. The van der Waals surface area contributed by atoms with E-state index < -0.39 is 62.9 Å². The Balaban J connectivity index is 2.05. The number of nitriles is 1. The van der Waals surface area contributed by atoms with Gasteiger partial charge in [0, 0.05) is 5.92 Å². The maximum absolute atomic E-state index is 14.7. The molecule has 0 bridgehead atoms. The summed E-state index contributed by atoms with van der Waals surface area (Å²) in [4.78, 5) is 12.8. The average molecular weight is 522 g/mol. The van der Waals surface area contributed by atoms with Crippen LogP contribution in [0.25, 0.3) is 0 Å². The smallest absolute Gasteiger partial charge is 0.342 e. The van der Waals surface area contributed by atoms with Gasteiger partial charge in [-0.2, -0.15) is 18.4 Å². The predicted molar refractivity (Wildman–Crippen MR) is 124 cm³/mol. The van der Waals surface area contributed by atoms with Crippen LogP contribution in [-0.4, -0.2) is 38.8 Å². The average Bonchev–Trinajstić information content (AvgIpc) is 3.64. The monoisotopic (exact) mass is 521 g/mol. The first kappa shape index (κ1) is 27.2. The minimum Gasteiger partial charge on any atom is -0.342 e. The molecule has 0 unspecified atom stereocenters. The van der Waals surface area contributed by atoms with Crippen LogP contribution in [0.2, 0.25) is 0 Å². The summed E-state index contributed by atoms with van der Waals surface area (Å²) in [5, 5.41) is 13.1. The molecule has 6 nitrogen and oxygen atoms in total. The largest absolute Gasteiger partial charge is 0.422 e. The summed E-state index contributed by atoms with van der Waals surface area (Å²) in [6, 6.07) is 11.1. The van der Waals surface area contributed by atoms with E-state index in [-0.39, 0.29) is 5.92 Å². The van der Waals surface area contributed by atoms with Crippen molar-refractivity contribution in [2.24, 2.45) is 5.92 Å². The van der Waals surface area contributed by atoms with E-state index in [0.717, 1.165) is 24.3 Å². The quantitative estimate of drug-likeness (QED) is 0.300. The summed E-state index contributed by atoms with van der Waals surface area (Å²) >= 11 is 0. The van der Waals surface area contributed by atoms with Crippen molar-refractivity contribution < 1.29 is 30.8 Å². The van der Waals surface area contributed by atoms with Gasteiger partial charge in [-0.25, -0.2) is 12.8 Å². The van der Waals surface area contributed by atoms with Crippen molar-refractivity contribution in [2.75, 3.05) is 12.3 Å². The molecule has 0 spiro atoms. The molecule has 0 aliphatic heterocycles. The lowest BCUT2D eigenvalue weighted by Gasteiger charge is -2.35. The maximum atomic E-state index is 14.7. The number of carbonyl (C=O) groups excluding carboxylic acids is 1. The number of alkyl halides is 3. The fourth-order valence-corrected chi connectivity index (χ4v) is 5.04. The van der Waals surface area contributed by atoms with Crippen molar-refractivity contribution in [2.45, 2.75) is 36.4 Å². The Hall–Kier alpha value is -3.41. The van der Waals surface area contributed by atoms with E-state index in [1.807, 2.05) is 0 Å². The van der Waals surface area contributed by atoms with Crippen molar-refractivity contribution in [1.82, 2.24) is 10.6 Å². The number of rotatable bonds is 9. The number of halogens is 4. The number of nitrogens with one attached hydrogen (secondary N) is 2. The first-order valence-electron chi connectivity index (χ1n) is 11.0. The van der Waals surface area contributed by atoms with E-state index in [2.05, 4.69) is 22.5 Å². The number of sulfone groups is 1. The van der Waals surface area contributed by atoms with Crippen LogP contribution in [0.3, 0.4) is 0 Å². The molecule has 0 radical (unpaired) electrons. The predicted octanol–water partition coefficient (Wildman–Crippen LogP) is 3.21. The molecule has 0 heterocycles. The van der Waals surface area contributed by atoms with Crippen LogP contribution in [0, 0.1) is 34.9 Å². The molecule has 1 aliphatic carbocycles. The molecule has 1 amide bonds. The summed E-state index contributed by atoms with van der Waals surface area (Å²) in [6.07, 6.45) is -3.90. The molecule has 0 saturated heterocycles. The lowest BCUT2D eigenvalue weighted by Crippen LogP contribution is -2.61. The van der Waals surface area contributed by atoms with Gasteiger partial charge < -0.3 is 5.32 Å². The van der Waals surface area contributed by atoms with Gasteiger partial charge in [-0.15, -0.1) is 0 Å². The van der Waals surface area contributed by atoms with E-state index in [1.165, 1.54) is 12.1 Å². The molecule has 11 heteroatoms. The Morgan fingerprint density at radius 2 is 1.72 bits per heavy atom. The summed E-state index contributed by atoms with van der Waals surface area (Å²) in [6.45, 7) is -0.543. The number of carbonyl (C=O) groups is 1. The number of amides is 1. The zero-order valence-corrected chi connectivity index (χ0v) is 19.8. The third-order valence-corrected chi connectivity index (χ3v) is 7.06.